The van der Waals surface area contributed by atoms with Crippen LogP contribution < -0.4 is 4.74 Å². The van der Waals surface area contributed by atoms with E-state index in [2.05, 4.69) is 67.4 Å². The summed E-state index contributed by atoms with van der Waals surface area (Å²) < 4.78 is 5.98. The molecule has 2 aromatic rings. The summed E-state index contributed by atoms with van der Waals surface area (Å²) in [6.07, 6.45) is 36.5. The minimum atomic E-state index is 0.817. The summed E-state index contributed by atoms with van der Waals surface area (Å²) in [5.41, 5.74) is 3.55. The molecule has 0 aliphatic carbocycles. The van der Waals surface area contributed by atoms with E-state index in [-0.39, 0.29) is 0 Å². The third kappa shape index (κ3) is 21.3. The maximum Gasteiger partial charge on any atom is 0.119 e. The highest BCUT2D eigenvalue weighted by atomic mass is 16.5. The fourth-order valence-electron chi connectivity index (χ4n) is 5.85. The van der Waals surface area contributed by atoms with Crippen molar-refractivity contribution in [2.45, 2.75) is 174 Å². The number of benzene rings is 2. The Balaban J connectivity index is 1.43. The van der Waals surface area contributed by atoms with Gasteiger partial charge in [0.2, 0.25) is 0 Å². The minimum absolute atomic E-state index is 0.817. The molecule has 2 heteroatoms. The van der Waals surface area contributed by atoms with Crippen LogP contribution in [0.5, 0.6) is 5.75 Å². The lowest BCUT2D eigenvalue weighted by molar-refractivity contribution is 0.304. The molecule has 0 unspecified atom stereocenters. The van der Waals surface area contributed by atoms with E-state index in [9.17, 15) is 0 Å². The number of hydrogen-bond donors (Lipinski definition) is 0. The molecule has 43 heavy (non-hydrogen) atoms. The van der Waals surface area contributed by atoms with Crippen molar-refractivity contribution in [2.75, 3.05) is 6.61 Å². The van der Waals surface area contributed by atoms with Crippen molar-refractivity contribution in [3.05, 3.63) is 59.7 Å². The van der Waals surface area contributed by atoms with Gasteiger partial charge in [-0.15, -0.1) is 0 Å². The smallest absolute Gasteiger partial charge is 0.119 e. The highest BCUT2D eigenvalue weighted by Gasteiger charge is 1.99. The predicted molar refractivity (Wildman–Crippen MR) is 191 cm³/mol. The largest absolute Gasteiger partial charge is 0.494 e. The Morgan fingerprint density at radius 3 is 1.35 bits per heavy atom. The van der Waals surface area contributed by atoms with Crippen molar-refractivity contribution in [2.24, 2.45) is 4.99 Å². The van der Waals surface area contributed by atoms with Crippen LogP contribution in [0, 0.1) is 0 Å². The summed E-state index contributed by atoms with van der Waals surface area (Å²) in [5, 5.41) is 0. The number of nitrogens with zero attached hydrogens (tertiary/aromatic N) is 1. The van der Waals surface area contributed by atoms with Crippen LogP contribution in [0.3, 0.4) is 0 Å². The van der Waals surface area contributed by atoms with Crippen LogP contribution in [0.4, 0.5) is 5.69 Å². The second-order valence-corrected chi connectivity index (χ2v) is 12.9. The molecule has 2 aromatic carbocycles. The first-order valence-electron chi connectivity index (χ1n) is 18.7. The number of hydrogen-bond acceptors (Lipinski definition) is 2. The molecule has 0 aliphatic rings. The van der Waals surface area contributed by atoms with E-state index in [0.717, 1.165) is 30.0 Å². The van der Waals surface area contributed by atoms with Gasteiger partial charge in [0.25, 0.3) is 0 Å². The van der Waals surface area contributed by atoms with Gasteiger partial charge in [0, 0.05) is 6.21 Å². The minimum Gasteiger partial charge on any atom is -0.494 e. The van der Waals surface area contributed by atoms with Crippen LogP contribution in [0.2, 0.25) is 0 Å². The summed E-state index contributed by atoms with van der Waals surface area (Å²) in [4.78, 5) is 4.68. The molecule has 0 aromatic heterocycles. The van der Waals surface area contributed by atoms with Crippen molar-refractivity contribution in [1.29, 1.82) is 0 Å². The van der Waals surface area contributed by atoms with Gasteiger partial charge in [0.15, 0.2) is 0 Å². The Hall–Kier alpha value is -2.09. The lowest BCUT2D eigenvalue weighted by Gasteiger charge is -2.07. The molecular weight excluding hydrogens is 522 g/mol. The summed E-state index contributed by atoms with van der Waals surface area (Å²) in [7, 11) is 0. The molecule has 0 fully saturated rings. The van der Waals surface area contributed by atoms with Gasteiger partial charge in [-0.2, -0.15) is 0 Å². The average molecular weight is 590 g/mol. The Morgan fingerprint density at radius 2 is 0.884 bits per heavy atom. The van der Waals surface area contributed by atoms with Crippen molar-refractivity contribution < 1.29 is 4.74 Å². The first-order valence-corrected chi connectivity index (χ1v) is 18.7. The van der Waals surface area contributed by atoms with Crippen LogP contribution in [0.25, 0.3) is 0 Å². The Morgan fingerprint density at radius 1 is 0.465 bits per heavy atom. The van der Waals surface area contributed by atoms with Crippen molar-refractivity contribution in [3.8, 4) is 5.75 Å². The number of aliphatic imine (C=N–C) groups is 1. The molecule has 0 saturated heterocycles. The molecular formula is C41H67NO. The second kappa shape index (κ2) is 27.5. The van der Waals surface area contributed by atoms with Gasteiger partial charge in [-0.05, 0) is 66.8 Å². The lowest BCUT2D eigenvalue weighted by Crippen LogP contribution is -1.97. The zero-order chi connectivity index (χ0) is 30.5. The predicted octanol–water partition coefficient (Wildman–Crippen LogP) is 13.8. The van der Waals surface area contributed by atoms with Crippen molar-refractivity contribution in [1.82, 2.24) is 0 Å². The second-order valence-electron chi connectivity index (χ2n) is 12.9. The van der Waals surface area contributed by atoms with E-state index < -0.39 is 0 Å². The Bertz CT molecular complexity index is 885. The molecule has 0 radical (unpaired) electrons. The third-order valence-corrected chi connectivity index (χ3v) is 8.76. The van der Waals surface area contributed by atoms with Gasteiger partial charge in [-0.1, -0.05) is 167 Å². The van der Waals surface area contributed by atoms with E-state index in [0.29, 0.717) is 0 Å². The van der Waals surface area contributed by atoms with Gasteiger partial charge in [0.05, 0.1) is 12.3 Å². The van der Waals surface area contributed by atoms with E-state index in [1.54, 1.807) is 0 Å². The average Bonchev–Trinajstić information content (AvgIpc) is 3.04. The molecule has 0 saturated carbocycles. The summed E-state index contributed by atoms with van der Waals surface area (Å²) >= 11 is 0. The number of ether oxygens (including phenoxy) is 1. The molecule has 0 bridgehead atoms. The first kappa shape index (κ1) is 37.1. The van der Waals surface area contributed by atoms with Gasteiger partial charge < -0.3 is 4.74 Å². The van der Waals surface area contributed by atoms with E-state index in [1.807, 2.05) is 6.21 Å². The first-order chi connectivity index (χ1) is 21.3. The van der Waals surface area contributed by atoms with Crippen LogP contribution >= 0.6 is 0 Å². The fourth-order valence-corrected chi connectivity index (χ4v) is 5.85. The molecule has 0 atom stereocenters. The van der Waals surface area contributed by atoms with Gasteiger partial charge >= 0.3 is 0 Å². The Kier molecular flexibility index (Phi) is 23.7. The van der Waals surface area contributed by atoms with Gasteiger partial charge in [-0.25, -0.2) is 0 Å². The summed E-state index contributed by atoms with van der Waals surface area (Å²) in [6.45, 7) is 5.40. The topological polar surface area (TPSA) is 21.6 Å². The van der Waals surface area contributed by atoms with Crippen LogP contribution in [0.1, 0.15) is 179 Å². The van der Waals surface area contributed by atoms with Crippen LogP contribution in [-0.2, 0) is 6.42 Å². The van der Waals surface area contributed by atoms with E-state index in [4.69, 9.17) is 4.74 Å². The standard InChI is InChI=1S/C41H67NO/c1-3-5-7-9-11-13-14-15-16-17-18-19-20-22-24-26-36-43-41-34-30-39(31-35-41)37-42-40-32-28-38(29-33-40)27-25-23-21-12-10-8-6-4-2/h28-35,37H,3-27,36H2,1-2H3. The maximum absolute atomic E-state index is 5.98. The Labute approximate surface area is 267 Å². The summed E-state index contributed by atoms with van der Waals surface area (Å²) in [5.74, 6) is 0.962. The molecule has 242 valence electrons. The van der Waals surface area contributed by atoms with Crippen molar-refractivity contribution >= 4 is 11.9 Å². The molecule has 0 aliphatic heterocycles. The highest BCUT2D eigenvalue weighted by molar-refractivity contribution is 5.82. The number of unbranched alkanes of at least 4 members (excludes halogenated alkanes) is 22. The molecule has 0 amide bonds. The van der Waals surface area contributed by atoms with Gasteiger partial charge in [-0.3, -0.25) is 4.99 Å². The van der Waals surface area contributed by atoms with Crippen LogP contribution in [0.15, 0.2) is 53.5 Å². The summed E-state index contributed by atoms with van der Waals surface area (Å²) in [6, 6.07) is 17.1. The normalized spacial score (nSPS) is 11.5. The van der Waals surface area contributed by atoms with Crippen LogP contribution in [-0.4, -0.2) is 12.8 Å². The molecule has 2 nitrogen and oxygen atoms in total. The number of rotatable bonds is 29. The molecule has 2 rings (SSSR count). The van der Waals surface area contributed by atoms with Gasteiger partial charge in [0.1, 0.15) is 5.75 Å². The lowest BCUT2D eigenvalue weighted by atomic mass is 10.0. The van der Waals surface area contributed by atoms with E-state index in [1.165, 1.54) is 160 Å². The monoisotopic (exact) mass is 590 g/mol. The van der Waals surface area contributed by atoms with E-state index >= 15 is 0 Å². The maximum atomic E-state index is 5.98. The third-order valence-electron chi connectivity index (χ3n) is 8.76. The quantitative estimate of drug-likeness (QED) is 0.0683. The number of aryl methyl sites for hydroxylation is 1. The van der Waals surface area contributed by atoms with Crippen molar-refractivity contribution in [3.63, 3.8) is 0 Å². The molecule has 0 N–H and O–H groups in total. The zero-order valence-corrected chi connectivity index (χ0v) is 28.4. The molecule has 0 spiro atoms. The zero-order valence-electron chi connectivity index (χ0n) is 28.4. The molecule has 0 heterocycles. The SMILES string of the molecule is CCCCCCCCCCCCCCCCCCOc1ccc(C=Nc2ccc(CCCCCCCCCC)cc2)cc1. The fraction of sp³-hybridized carbons (Fsp3) is 0.683. The highest BCUT2D eigenvalue weighted by Crippen LogP contribution is 2.18.